The molecule has 2 unspecified atom stereocenters. The minimum Gasteiger partial charge on any atom is -0.296 e. The lowest BCUT2D eigenvalue weighted by atomic mass is 9.67. The number of nitrogens with zero attached hydrogens (tertiary/aromatic N) is 2. The van der Waals surface area contributed by atoms with Crippen molar-refractivity contribution in [2.75, 3.05) is 6.54 Å². The fourth-order valence-electron chi connectivity index (χ4n) is 5.50. The van der Waals surface area contributed by atoms with Crippen molar-refractivity contribution in [3.05, 3.63) is 71.5 Å². The van der Waals surface area contributed by atoms with Crippen molar-refractivity contribution in [3.63, 3.8) is 0 Å². The zero-order chi connectivity index (χ0) is 22.1. The van der Waals surface area contributed by atoms with Gasteiger partial charge < -0.3 is 0 Å². The third-order valence-electron chi connectivity index (χ3n) is 7.21. The van der Waals surface area contributed by atoms with E-state index in [0.29, 0.717) is 12.0 Å². The summed E-state index contributed by atoms with van der Waals surface area (Å²) in [6.07, 6.45) is 8.62. The molecule has 0 N–H and O–H groups in total. The fraction of sp³-hybridized carbons (Fsp3) is 0.536. The first-order valence-corrected chi connectivity index (χ1v) is 12.1. The van der Waals surface area contributed by atoms with E-state index in [2.05, 4.69) is 55.1 Å². The summed E-state index contributed by atoms with van der Waals surface area (Å²) in [5.74, 6) is 0.139. The molecule has 0 amide bonds. The van der Waals surface area contributed by atoms with Crippen molar-refractivity contribution in [2.45, 2.75) is 83.2 Å². The fourth-order valence-corrected chi connectivity index (χ4v) is 5.50. The molecule has 1 aliphatic carbocycles. The molecule has 2 nitrogen and oxygen atoms in total. The second kappa shape index (κ2) is 11.4. The molecule has 0 saturated heterocycles. The van der Waals surface area contributed by atoms with Gasteiger partial charge in [-0.15, -0.1) is 0 Å². The van der Waals surface area contributed by atoms with Crippen LogP contribution in [-0.2, 0) is 12.0 Å². The van der Waals surface area contributed by atoms with Crippen LogP contribution in [0.5, 0.6) is 0 Å². The molecule has 0 bridgehead atoms. The summed E-state index contributed by atoms with van der Waals surface area (Å²) < 4.78 is 13.6. The first-order chi connectivity index (χ1) is 15.1. The van der Waals surface area contributed by atoms with Gasteiger partial charge in [-0.1, -0.05) is 69.2 Å². The monoisotopic (exact) mass is 420 g/mol. The number of halogens is 1. The van der Waals surface area contributed by atoms with E-state index in [1.54, 1.807) is 0 Å². The predicted molar refractivity (Wildman–Crippen MR) is 126 cm³/mol. The van der Waals surface area contributed by atoms with Crippen molar-refractivity contribution in [3.8, 4) is 6.07 Å². The summed E-state index contributed by atoms with van der Waals surface area (Å²) in [7, 11) is 0. The smallest absolute Gasteiger partial charge is 0.123 e. The van der Waals surface area contributed by atoms with Crippen LogP contribution < -0.4 is 0 Å². The highest BCUT2D eigenvalue weighted by Gasteiger charge is 2.42. The molecule has 2 atom stereocenters. The van der Waals surface area contributed by atoms with Crippen LogP contribution in [0.15, 0.2) is 54.6 Å². The highest BCUT2D eigenvalue weighted by Crippen LogP contribution is 2.45. The first kappa shape index (κ1) is 23.5. The zero-order valence-corrected chi connectivity index (χ0v) is 19.2. The van der Waals surface area contributed by atoms with Crippen molar-refractivity contribution < 1.29 is 4.39 Å². The highest BCUT2D eigenvalue weighted by atomic mass is 19.1. The van der Waals surface area contributed by atoms with Gasteiger partial charge >= 0.3 is 0 Å². The van der Waals surface area contributed by atoms with Crippen LogP contribution >= 0.6 is 0 Å². The third kappa shape index (κ3) is 5.74. The van der Waals surface area contributed by atoms with E-state index >= 15 is 0 Å². The van der Waals surface area contributed by atoms with Gasteiger partial charge in [-0.3, -0.25) is 4.90 Å². The average Bonchev–Trinajstić information content (AvgIpc) is 3.34. The molecular weight excluding hydrogens is 383 g/mol. The van der Waals surface area contributed by atoms with Gasteiger partial charge in [-0.05, 0) is 74.2 Å². The molecule has 31 heavy (non-hydrogen) atoms. The predicted octanol–water partition coefficient (Wildman–Crippen LogP) is 7.25. The Kier molecular flexibility index (Phi) is 8.67. The number of rotatable bonds is 11. The van der Waals surface area contributed by atoms with E-state index < -0.39 is 5.41 Å². The van der Waals surface area contributed by atoms with Gasteiger partial charge in [0.25, 0.3) is 0 Å². The van der Waals surface area contributed by atoms with E-state index in [4.69, 9.17) is 0 Å². The molecule has 2 aromatic rings. The molecule has 1 aliphatic rings. The summed E-state index contributed by atoms with van der Waals surface area (Å²) in [4.78, 5) is 2.59. The standard InChI is InChI=1S/C28H37FN2/c1-3-20-31(21-23-10-6-5-7-11-23)27(4-2)18-19-28(22-30,24-12-8-9-13-24)25-14-16-26(29)17-15-25/h5-7,10-11,14-17,24,27H,3-4,8-9,12-13,18-21H2,1-2H3. The molecule has 3 heteroatoms. The minimum atomic E-state index is -0.512. The van der Waals surface area contributed by atoms with Crippen LogP contribution in [0.3, 0.4) is 0 Å². The van der Waals surface area contributed by atoms with Gasteiger partial charge in [0.2, 0.25) is 0 Å². The molecule has 0 aliphatic heterocycles. The Hall–Kier alpha value is -2.18. The summed E-state index contributed by atoms with van der Waals surface area (Å²) in [5.41, 5.74) is 1.83. The van der Waals surface area contributed by atoms with E-state index in [9.17, 15) is 9.65 Å². The second-order valence-electron chi connectivity index (χ2n) is 9.13. The minimum absolute atomic E-state index is 0.231. The quantitative estimate of drug-likeness (QED) is 0.383. The molecule has 1 fully saturated rings. The number of benzene rings is 2. The average molecular weight is 421 g/mol. The van der Waals surface area contributed by atoms with Crippen LogP contribution in [0.4, 0.5) is 4.39 Å². The van der Waals surface area contributed by atoms with E-state index in [1.165, 1.54) is 30.5 Å². The maximum Gasteiger partial charge on any atom is 0.123 e. The molecule has 0 aromatic heterocycles. The van der Waals surface area contributed by atoms with Gasteiger partial charge in [0.05, 0.1) is 11.5 Å². The lowest BCUT2D eigenvalue weighted by Crippen LogP contribution is -2.39. The Labute approximate surface area is 188 Å². The topological polar surface area (TPSA) is 27.0 Å². The van der Waals surface area contributed by atoms with E-state index in [-0.39, 0.29) is 5.82 Å². The second-order valence-corrected chi connectivity index (χ2v) is 9.13. The Bertz CT molecular complexity index is 820. The zero-order valence-electron chi connectivity index (χ0n) is 19.2. The van der Waals surface area contributed by atoms with Gasteiger partial charge in [-0.25, -0.2) is 4.39 Å². The maximum atomic E-state index is 13.6. The molecule has 0 heterocycles. The van der Waals surface area contributed by atoms with Crippen molar-refractivity contribution in [1.82, 2.24) is 4.90 Å². The number of nitriles is 1. The molecule has 2 aromatic carbocycles. The van der Waals surface area contributed by atoms with Gasteiger partial charge in [0.1, 0.15) is 5.82 Å². The van der Waals surface area contributed by atoms with Crippen LogP contribution in [0.25, 0.3) is 0 Å². The summed E-state index contributed by atoms with van der Waals surface area (Å²) >= 11 is 0. The summed E-state index contributed by atoms with van der Waals surface area (Å²) in [5, 5.41) is 10.5. The lowest BCUT2D eigenvalue weighted by Gasteiger charge is -2.37. The van der Waals surface area contributed by atoms with Gasteiger partial charge in [0, 0.05) is 12.6 Å². The lowest BCUT2D eigenvalue weighted by molar-refractivity contribution is 0.158. The van der Waals surface area contributed by atoms with E-state index in [0.717, 1.165) is 57.2 Å². The largest absolute Gasteiger partial charge is 0.296 e. The van der Waals surface area contributed by atoms with E-state index in [1.807, 2.05) is 12.1 Å². The van der Waals surface area contributed by atoms with Crippen LogP contribution in [0.2, 0.25) is 0 Å². The Balaban J connectivity index is 1.82. The molecule has 3 rings (SSSR count). The van der Waals surface area contributed by atoms with Crippen molar-refractivity contribution >= 4 is 0 Å². The molecule has 1 saturated carbocycles. The van der Waals surface area contributed by atoms with Crippen molar-refractivity contribution in [2.24, 2.45) is 5.92 Å². The highest BCUT2D eigenvalue weighted by molar-refractivity contribution is 5.34. The summed E-state index contributed by atoms with van der Waals surface area (Å²) in [6, 6.07) is 20.6. The number of hydrogen-bond donors (Lipinski definition) is 0. The molecule has 166 valence electrons. The maximum absolute atomic E-state index is 13.6. The molecular formula is C28H37FN2. The normalized spacial score (nSPS) is 17.4. The Morgan fingerprint density at radius 1 is 1.06 bits per heavy atom. The SMILES string of the molecule is CCCN(Cc1ccccc1)C(CC)CCC(C#N)(c1ccc(F)cc1)C1CCCC1. The molecule has 0 spiro atoms. The van der Waals surface area contributed by atoms with Crippen LogP contribution in [-0.4, -0.2) is 17.5 Å². The van der Waals surface area contributed by atoms with Crippen LogP contribution in [0.1, 0.15) is 76.3 Å². The van der Waals surface area contributed by atoms with Crippen molar-refractivity contribution in [1.29, 1.82) is 5.26 Å². The summed E-state index contributed by atoms with van der Waals surface area (Å²) in [6.45, 7) is 6.51. The molecule has 0 radical (unpaired) electrons. The van der Waals surface area contributed by atoms with Crippen LogP contribution in [0, 0.1) is 23.1 Å². The number of hydrogen-bond acceptors (Lipinski definition) is 2. The first-order valence-electron chi connectivity index (χ1n) is 12.1. The Morgan fingerprint density at radius 3 is 2.32 bits per heavy atom. The Morgan fingerprint density at radius 2 is 1.74 bits per heavy atom. The van der Waals surface area contributed by atoms with Gasteiger partial charge in [-0.2, -0.15) is 5.26 Å². The van der Waals surface area contributed by atoms with Gasteiger partial charge in [0.15, 0.2) is 0 Å². The third-order valence-corrected chi connectivity index (χ3v) is 7.21.